The van der Waals surface area contributed by atoms with Gasteiger partial charge in [-0.1, -0.05) is 20.8 Å². The fourth-order valence-corrected chi connectivity index (χ4v) is 1.60. The Morgan fingerprint density at radius 2 is 1.93 bits per heavy atom. The summed E-state index contributed by atoms with van der Waals surface area (Å²) in [6, 6.07) is 0. The molecule has 0 fully saturated rings. The summed E-state index contributed by atoms with van der Waals surface area (Å²) in [6.45, 7) is 12.6. The summed E-state index contributed by atoms with van der Waals surface area (Å²) in [5.41, 5.74) is 5.97. The Bertz CT molecular complexity index is 210. The Hall–Kier alpha value is -0.520. The van der Waals surface area contributed by atoms with Crippen LogP contribution in [-0.4, -0.2) is 31.1 Å². The van der Waals surface area contributed by atoms with Gasteiger partial charge in [-0.25, -0.2) is 0 Å². The molecule has 0 aliphatic heterocycles. The topological polar surface area (TPSA) is 29.3 Å². The molecule has 0 rings (SSSR count). The molecule has 0 aliphatic carbocycles. The fourth-order valence-electron chi connectivity index (χ4n) is 1.60. The zero-order valence-corrected chi connectivity index (χ0v) is 10.8. The van der Waals surface area contributed by atoms with Crippen molar-refractivity contribution in [2.45, 2.75) is 40.5 Å². The molecule has 0 atom stereocenters. The van der Waals surface area contributed by atoms with Gasteiger partial charge in [0.15, 0.2) is 0 Å². The lowest BCUT2D eigenvalue weighted by Gasteiger charge is -2.31. The molecule has 2 nitrogen and oxygen atoms in total. The molecule has 2 N–H and O–H groups in total. The molecule has 0 heterocycles. The van der Waals surface area contributed by atoms with Crippen molar-refractivity contribution in [2.75, 3.05) is 26.2 Å². The van der Waals surface area contributed by atoms with E-state index in [1.165, 1.54) is 6.42 Å². The van der Waals surface area contributed by atoms with Crippen LogP contribution >= 0.6 is 0 Å². The van der Waals surface area contributed by atoms with Crippen LogP contribution in [0.4, 0.5) is 0 Å². The Morgan fingerprint density at radius 1 is 1.27 bits per heavy atom. The SMILES string of the molecule is CC#CCCN(CCC)CC(C)(C)CN. The lowest BCUT2D eigenvalue weighted by atomic mass is 9.93. The fraction of sp³-hybridized carbons (Fsp3) is 0.846. The zero-order valence-electron chi connectivity index (χ0n) is 10.8. The molecule has 0 saturated heterocycles. The van der Waals surface area contributed by atoms with E-state index < -0.39 is 0 Å². The summed E-state index contributed by atoms with van der Waals surface area (Å²) < 4.78 is 0. The van der Waals surface area contributed by atoms with E-state index in [9.17, 15) is 0 Å². The smallest absolute Gasteiger partial charge is 0.0216 e. The number of nitrogens with two attached hydrogens (primary N) is 1. The minimum absolute atomic E-state index is 0.217. The molecule has 2 heteroatoms. The minimum atomic E-state index is 0.217. The van der Waals surface area contributed by atoms with Crippen LogP contribution in [0.25, 0.3) is 0 Å². The van der Waals surface area contributed by atoms with Gasteiger partial charge in [0.2, 0.25) is 0 Å². The summed E-state index contributed by atoms with van der Waals surface area (Å²) in [6.07, 6.45) is 2.16. The predicted molar refractivity (Wildman–Crippen MR) is 67.6 cm³/mol. The molecule has 88 valence electrons. The van der Waals surface area contributed by atoms with Gasteiger partial charge >= 0.3 is 0 Å². The second-order valence-corrected chi connectivity index (χ2v) is 4.82. The van der Waals surface area contributed by atoms with Gasteiger partial charge < -0.3 is 10.6 Å². The molecule has 15 heavy (non-hydrogen) atoms. The molecule has 0 aliphatic rings. The van der Waals surface area contributed by atoms with Gasteiger partial charge in [0.05, 0.1) is 0 Å². The highest BCUT2D eigenvalue weighted by Crippen LogP contribution is 2.15. The average Bonchev–Trinajstić information content (AvgIpc) is 2.18. The van der Waals surface area contributed by atoms with Crippen LogP contribution in [0, 0.1) is 17.3 Å². The first-order valence-corrected chi connectivity index (χ1v) is 5.87. The van der Waals surface area contributed by atoms with E-state index in [0.29, 0.717) is 0 Å². The number of hydrogen-bond acceptors (Lipinski definition) is 2. The van der Waals surface area contributed by atoms with Gasteiger partial charge in [0, 0.05) is 19.5 Å². The summed E-state index contributed by atoms with van der Waals surface area (Å²) in [4.78, 5) is 2.47. The van der Waals surface area contributed by atoms with E-state index >= 15 is 0 Å². The molecule has 0 aromatic heterocycles. The van der Waals surface area contributed by atoms with Crippen LogP contribution in [0.5, 0.6) is 0 Å². The summed E-state index contributed by atoms with van der Waals surface area (Å²) in [7, 11) is 0. The first-order chi connectivity index (χ1) is 7.05. The second-order valence-electron chi connectivity index (χ2n) is 4.82. The molecule has 0 aromatic carbocycles. The maximum absolute atomic E-state index is 5.75. The highest BCUT2D eigenvalue weighted by molar-refractivity contribution is 4.95. The van der Waals surface area contributed by atoms with E-state index in [4.69, 9.17) is 5.73 Å². The number of hydrogen-bond donors (Lipinski definition) is 1. The largest absolute Gasteiger partial charge is 0.330 e. The monoisotopic (exact) mass is 210 g/mol. The van der Waals surface area contributed by atoms with Crippen molar-refractivity contribution in [3.63, 3.8) is 0 Å². The Morgan fingerprint density at radius 3 is 2.40 bits per heavy atom. The van der Waals surface area contributed by atoms with E-state index in [-0.39, 0.29) is 5.41 Å². The number of rotatable bonds is 7. The Labute approximate surface area is 95.2 Å². The third kappa shape index (κ3) is 7.41. The standard InChI is InChI=1S/C13H26N2/c1-5-7-8-10-15(9-6-2)12-13(3,4)11-14/h6,8-12,14H2,1-4H3. The zero-order chi connectivity index (χ0) is 11.7. The third-order valence-electron chi connectivity index (χ3n) is 2.47. The van der Waals surface area contributed by atoms with Crippen molar-refractivity contribution in [3.05, 3.63) is 0 Å². The molecule has 0 unspecified atom stereocenters. The van der Waals surface area contributed by atoms with Gasteiger partial charge in [-0.2, -0.15) is 0 Å². The van der Waals surface area contributed by atoms with Crippen LogP contribution in [0.2, 0.25) is 0 Å². The summed E-state index contributed by atoms with van der Waals surface area (Å²) >= 11 is 0. The lowest BCUT2D eigenvalue weighted by molar-refractivity contribution is 0.186. The summed E-state index contributed by atoms with van der Waals surface area (Å²) in [5.74, 6) is 6.06. The van der Waals surface area contributed by atoms with E-state index in [0.717, 1.165) is 32.6 Å². The number of nitrogens with zero attached hydrogens (tertiary/aromatic N) is 1. The molecule has 0 amide bonds. The van der Waals surface area contributed by atoms with E-state index in [2.05, 4.69) is 37.5 Å². The highest BCUT2D eigenvalue weighted by Gasteiger charge is 2.19. The Kier molecular flexibility index (Phi) is 7.46. The maximum atomic E-state index is 5.75. The van der Waals surface area contributed by atoms with Gasteiger partial charge in [-0.3, -0.25) is 0 Å². The predicted octanol–water partition coefficient (Wildman–Crippen LogP) is 2.10. The molecular weight excluding hydrogens is 184 g/mol. The van der Waals surface area contributed by atoms with Gasteiger partial charge in [-0.15, -0.1) is 11.8 Å². The second kappa shape index (κ2) is 7.73. The highest BCUT2D eigenvalue weighted by atomic mass is 15.1. The van der Waals surface area contributed by atoms with Crippen LogP contribution in [-0.2, 0) is 0 Å². The average molecular weight is 210 g/mol. The van der Waals surface area contributed by atoms with Gasteiger partial charge in [0.1, 0.15) is 0 Å². The van der Waals surface area contributed by atoms with Crippen molar-refractivity contribution in [2.24, 2.45) is 11.1 Å². The molecule has 0 aromatic rings. The molecule has 0 radical (unpaired) electrons. The van der Waals surface area contributed by atoms with Crippen LogP contribution in [0.1, 0.15) is 40.5 Å². The van der Waals surface area contributed by atoms with Gasteiger partial charge in [0.25, 0.3) is 0 Å². The van der Waals surface area contributed by atoms with Crippen LogP contribution in [0.15, 0.2) is 0 Å². The van der Waals surface area contributed by atoms with E-state index in [1.807, 2.05) is 6.92 Å². The van der Waals surface area contributed by atoms with Crippen LogP contribution in [0.3, 0.4) is 0 Å². The third-order valence-corrected chi connectivity index (χ3v) is 2.47. The van der Waals surface area contributed by atoms with Gasteiger partial charge in [-0.05, 0) is 31.8 Å². The lowest BCUT2D eigenvalue weighted by Crippen LogP contribution is -2.39. The minimum Gasteiger partial charge on any atom is -0.330 e. The first-order valence-electron chi connectivity index (χ1n) is 5.87. The van der Waals surface area contributed by atoms with Crippen molar-refractivity contribution in [3.8, 4) is 11.8 Å². The molecule has 0 bridgehead atoms. The quantitative estimate of drug-likeness (QED) is 0.652. The molecule has 0 saturated carbocycles. The molecular formula is C13H26N2. The van der Waals surface area contributed by atoms with Crippen molar-refractivity contribution < 1.29 is 0 Å². The normalized spacial score (nSPS) is 11.3. The molecule has 0 spiro atoms. The Balaban J connectivity index is 4.06. The van der Waals surface area contributed by atoms with Crippen molar-refractivity contribution >= 4 is 0 Å². The van der Waals surface area contributed by atoms with E-state index in [1.54, 1.807) is 0 Å². The summed E-state index contributed by atoms with van der Waals surface area (Å²) in [5, 5.41) is 0. The van der Waals surface area contributed by atoms with Crippen molar-refractivity contribution in [1.29, 1.82) is 0 Å². The first kappa shape index (κ1) is 14.5. The maximum Gasteiger partial charge on any atom is 0.0216 e. The van der Waals surface area contributed by atoms with Crippen LogP contribution < -0.4 is 5.73 Å². The van der Waals surface area contributed by atoms with Crippen molar-refractivity contribution in [1.82, 2.24) is 4.90 Å².